The summed E-state index contributed by atoms with van der Waals surface area (Å²) in [5.74, 6) is -0.0779. The third-order valence-electron chi connectivity index (χ3n) is 5.65. The van der Waals surface area contributed by atoms with Crippen LogP contribution in [0.3, 0.4) is 0 Å². The molecule has 6 heteroatoms. The fourth-order valence-corrected chi connectivity index (χ4v) is 3.95. The smallest absolute Gasteiger partial charge is 0.228 e. The molecule has 146 valence electrons. The van der Waals surface area contributed by atoms with Crippen molar-refractivity contribution in [3.63, 3.8) is 0 Å². The Morgan fingerprint density at radius 1 is 0.963 bits per heavy atom. The van der Waals surface area contributed by atoms with Gasteiger partial charge < -0.3 is 14.7 Å². The van der Waals surface area contributed by atoms with Gasteiger partial charge in [0.15, 0.2) is 0 Å². The normalized spacial score (nSPS) is 21.7. The Bertz CT molecular complexity index is 696. The van der Waals surface area contributed by atoms with E-state index in [1.807, 2.05) is 65.8 Å². The number of carbonyl (C=O) groups is 3. The quantitative estimate of drug-likeness (QED) is 0.812. The van der Waals surface area contributed by atoms with Crippen molar-refractivity contribution in [2.24, 2.45) is 11.8 Å². The number of benzene rings is 1. The minimum absolute atomic E-state index is 0.0206. The van der Waals surface area contributed by atoms with Crippen LogP contribution in [0, 0.1) is 11.8 Å². The Hall–Kier alpha value is -2.37. The second-order valence-electron chi connectivity index (χ2n) is 7.84. The third-order valence-corrected chi connectivity index (χ3v) is 5.65. The molecule has 2 saturated heterocycles. The molecule has 2 aliphatic rings. The van der Waals surface area contributed by atoms with E-state index >= 15 is 0 Å². The summed E-state index contributed by atoms with van der Waals surface area (Å²) >= 11 is 0. The van der Waals surface area contributed by atoms with Gasteiger partial charge in [-0.2, -0.15) is 0 Å². The monoisotopic (exact) mass is 371 g/mol. The lowest BCUT2D eigenvalue weighted by Crippen LogP contribution is -2.53. The molecule has 27 heavy (non-hydrogen) atoms. The zero-order valence-electron chi connectivity index (χ0n) is 16.4. The van der Waals surface area contributed by atoms with Crippen LogP contribution in [0.1, 0.15) is 38.8 Å². The van der Waals surface area contributed by atoms with Gasteiger partial charge in [-0.25, -0.2) is 0 Å². The Morgan fingerprint density at radius 2 is 1.56 bits per heavy atom. The van der Waals surface area contributed by atoms with Gasteiger partial charge in [-0.3, -0.25) is 14.4 Å². The number of carbonyl (C=O) groups excluding carboxylic acids is 3. The molecule has 2 heterocycles. The minimum atomic E-state index is -0.281. The molecule has 2 atom stereocenters. The predicted molar refractivity (Wildman–Crippen MR) is 103 cm³/mol. The van der Waals surface area contributed by atoms with Gasteiger partial charge in [-0.05, 0) is 12.5 Å². The molecule has 0 N–H and O–H groups in total. The first-order valence-corrected chi connectivity index (χ1v) is 9.80. The molecule has 3 rings (SSSR count). The van der Waals surface area contributed by atoms with E-state index in [2.05, 4.69) is 0 Å². The highest BCUT2D eigenvalue weighted by molar-refractivity contribution is 5.89. The predicted octanol–water partition coefficient (Wildman–Crippen LogP) is 1.92. The van der Waals surface area contributed by atoms with Gasteiger partial charge >= 0.3 is 0 Å². The van der Waals surface area contributed by atoms with Crippen molar-refractivity contribution in [2.75, 3.05) is 32.7 Å². The summed E-state index contributed by atoms with van der Waals surface area (Å²) in [6.07, 6.45) is 0.279. The molecule has 1 aromatic carbocycles. The van der Waals surface area contributed by atoms with Crippen molar-refractivity contribution in [2.45, 2.75) is 33.2 Å². The number of nitrogens with zero attached hydrogens (tertiary/aromatic N) is 3. The topological polar surface area (TPSA) is 60.9 Å². The second kappa shape index (κ2) is 8.11. The maximum atomic E-state index is 12.9. The van der Waals surface area contributed by atoms with Crippen LogP contribution in [0.15, 0.2) is 30.3 Å². The van der Waals surface area contributed by atoms with Crippen molar-refractivity contribution in [1.29, 1.82) is 0 Å². The number of likely N-dealkylation sites (tertiary alicyclic amines) is 1. The third kappa shape index (κ3) is 4.15. The van der Waals surface area contributed by atoms with Gasteiger partial charge in [0.25, 0.3) is 0 Å². The van der Waals surface area contributed by atoms with Crippen LogP contribution in [0.25, 0.3) is 0 Å². The first-order valence-electron chi connectivity index (χ1n) is 9.80. The molecule has 0 unspecified atom stereocenters. The molecule has 3 amide bonds. The van der Waals surface area contributed by atoms with Crippen molar-refractivity contribution in [3.05, 3.63) is 35.9 Å². The van der Waals surface area contributed by atoms with Crippen molar-refractivity contribution < 1.29 is 14.4 Å². The minimum Gasteiger partial charge on any atom is -0.339 e. The van der Waals surface area contributed by atoms with Crippen molar-refractivity contribution in [1.82, 2.24) is 14.7 Å². The maximum Gasteiger partial charge on any atom is 0.228 e. The molecule has 2 fully saturated rings. The van der Waals surface area contributed by atoms with Gasteiger partial charge in [-0.15, -0.1) is 0 Å². The summed E-state index contributed by atoms with van der Waals surface area (Å²) in [5.41, 5.74) is 1.08. The van der Waals surface area contributed by atoms with E-state index in [1.54, 1.807) is 0 Å². The Balaban J connectivity index is 1.58. The highest BCUT2D eigenvalue weighted by Crippen LogP contribution is 2.29. The molecule has 6 nitrogen and oxygen atoms in total. The van der Waals surface area contributed by atoms with Crippen LogP contribution in [0.4, 0.5) is 0 Å². The molecule has 2 aliphatic heterocycles. The SMILES string of the molecule is CC(C)C(=O)N1CCN(C(=O)[C@@H]2CC(=O)N([C@@H](C)c3ccccc3)C2)CC1. The molecule has 0 bridgehead atoms. The van der Waals surface area contributed by atoms with Gasteiger partial charge in [0.2, 0.25) is 17.7 Å². The summed E-state index contributed by atoms with van der Waals surface area (Å²) in [7, 11) is 0. The second-order valence-corrected chi connectivity index (χ2v) is 7.84. The first-order chi connectivity index (χ1) is 12.9. The molecule has 0 saturated carbocycles. The summed E-state index contributed by atoms with van der Waals surface area (Å²) in [5, 5.41) is 0. The van der Waals surface area contributed by atoms with E-state index in [9.17, 15) is 14.4 Å². The molecular formula is C21H29N3O3. The number of hydrogen-bond donors (Lipinski definition) is 0. The van der Waals surface area contributed by atoms with Gasteiger partial charge in [0.05, 0.1) is 12.0 Å². The Kier molecular flexibility index (Phi) is 5.82. The summed E-state index contributed by atoms with van der Waals surface area (Å²) in [6, 6.07) is 9.88. The van der Waals surface area contributed by atoms with Crippen LogP contribution >= 0.6 is 0 Å². The maximum absolute atomic E-state index is 12.9. The van der Waals surface area contributed by atoms with Crippen LogP contribution in [0.5, 0.6) is 0 Å². The molecule has 0 aromatic heterocycles. The summed E-state index contributed by atoms with van der Waals surface area (Å²) in [6.45, 7) is 8.53. The van der Waals surface area contributed by atoms with E-state index in [4.69, 9.17) is 0 Å². The van der Waals surface area contributed by atoms with E-state index in [-0.39, 0.29) is 42.0 Å². The van der Waals surface area contributed by atoms with Crippen LogP contribution in [0.2, 0.25) is 0 Å². The molecule has 1 aromatic rings. The lowest BCUT2D eigenvalue weighted by atomic mass is 10.1. The lowest BCUT2D eigenvalue weighted by molar-refractivity contribution is -0.143. The number of rotatable bonds is 4. The standard InChI is InChI=1S/C21H29N3O3/c1-15(2)20(26)22-9-11-23(12-10-22)21(27)18-13-19(25)24(14-18)16(3)17-7-5-4-6-8-17/h4-8,15-16,18H,9-14H2,1-3H3/t16-,18+/m0/s1. The Labute approximate surface area is 161 Å². The number of hydrogen-bond acceptors (Lipinski definition) is 3. The van der Waals surface area contributed by atoms with E-state index in [0.29, 0.717) is 32.7 Å². The fourth-order valence-electron chi connectivity index (χ4n) is 3.95. The zero-order chi connectivity index (χ0) is 19.6. The van der Waals surface area contributed by atoms with Crippen molar-refractivity contribution in [3.8, 4) is 0 Å². The highest BCUT2D eigenvalue weighted by atomic mass is 16.2. The van der Waals surface area contributed by atoms with Crippen LogP contribution in [-0.2, 0) is 14.4 Å². The molecular weight excluding hydrogens is 342 g/mol. The van der Waals surface area contributed by atoms with Gasteiger partial charge in [-0.1, -0.05) is 44.2 Å². The Morgan fingerprint density at radius 3 is 2.15 bits per heavy atom. The number of amides is 3. The van der Waals surface area contributed by atoms with Crippen LogP contribution < -0.4 is 0 Å². The molecule has 0 spiro atoms. The van der Waals surface area contributed by atoms with Gasteiger partial charge in [0.1, 0.15) is 0 Å². The summed E-state index contributed by atoms with van der Waals surface area (Å²) < 4.78 is 0. The molecule has 0 radical (unpaired) electrons. The summed E-state index contributed by atoms with van der Waals surface area (Å²) in [4.78, 5) is 43.0. The molecule has 0 aliphatic carbocycles. The van der Waals surface area contributed by atoms with Crippen molar-refractivity contribution >= 4 is 17.7 Å². The van der Waals surface area contributed by atoms with E-state index in [0.717, 1.165) is 5.56 Å². The first kappa shape index (κ1) is 19.4. The highest BCUT2D eigenvalue weighted by Gasteiger charge is 2.39. The average Bonchev–Trinajstić information content (AvgIpc) is 3.08. The van der Waals surface area contributed by atoms with E-state index in [1.165, 1.54) is 0 Å². The lowest BCUT2D eigenvalue weighted by Gasteiger charge is -2.36. The van der Waals surface area contributed by atoms with Crippen LogP contribution in [-0.4, -0.2) is 65.1 Å². The number of piperazine rings is 1. The average molecular weight is 371 g/mol. The zero-order valence-corrected chi connectivity index (χ0v) is 16.4. The van der Waals surface area contributed by atoms with E-state index < -0.39 is 0 Å². The largest absolute Gasteiger partial charge is 0.339 e. The fraction of sp³-hybridized carbons (Fsp3) is 0.571. The van der Waals surface area contributed by atoms with Gasteiger partial charge in [0, 0.05) is 45.1 Å².